The van der Waals surface area contributed by atoms with Crippen LogP contribution < -0.4 is 42.4 Å². The summed E-state index contributed by atoms with van der Waals surface area (Å²) in [5.41, 5.74) is 0. The third-order valence-corrected chi connectivity index (χ3v) is 30.0. The van der Waals surface area contributed by atoms with Crippen LogP contribution in [0, 0.1) is 13.3 Å². The van der Waals surface area contributed by atoms with Crippen molar-refractivity contribution >= 4 is 96.3 Å². The Labute approximate surface area is 484 Å². The van der Waals surface area contributed by atoms with Crippen LogP contribution in [-0.4, -0.2) is 67.9 Å². The van der Waals surface area contributed by atoms with Crippen LogP contribution in [0.5, 0.6) is 0 Å². The van der Waals surface area contributed by atoms with Crippen molar-refractivity contribution in [2.75, 3.05) is 61.6 Å². The SMILES string of the molecule is C1CCCC1.C[C-]=O.[C-]#[O+].[C-]#[O+].[Mo].c1ccc(P(CCP(CCP(CCP(c2ccccc2)c2ccccc2)CCP(c2ccccc2)c2ccccc2)CCP(c2ccccc2)c2ccccc2)c2ccccc2)cc1. The van der Waals surface area contributed by atoms with E-state index in [0.29, 0.717) is 0 Å². The van der Waals surface area contributed by atoms with E-state index in [-0.39, 0.29) is 36.9 Å². The molecule has 0 amide bonds. The van der Waals surface area contributed by atoms with Gasteiger partial charge < -0.3 is 4.79 Å². The zero-order valence-electron chi connectivity index (χ0n) is 44.5. The molecule has 0 heterocycles. The first-order chi connectivity index (χ1) is 37.7. The molecule has 0 spiro atoms. The van der Waals surface area contributed by atoms with Crippen LogP contribution in [-0.2, 0) is 35.2 Å². The van der Waals surface area contributed by atoms with Crippen LogP contribution in [0.1, 0.15) is 39.0 Å². The smallest absolute Gasteiger partial charge is 0 e. The molecule has 0 aliphatic heterocycles. The van der Waals surface area contributed by atoms with E-state index in [0.717, 1.165) is 0 Å². The molecule has 0 saturated heterocycles. The molecule has 1 fully saturated rings. The van der Waals surface area contributed by atoms with Crippen LogP contribution >= 0.6 is 47.5 Å². The summed E-state index contributed by atoms with van der Waals surface area (Å²) in [7, 11) is -2.08. The third-order valence-electron chi connectivity index (χ3n) is 13.1. The molecule has 8 aromatic rings. The Morgan fingerprint density at radius 3 is 0.532 bits per heavy atom. The molecule has 77 heavy (non-hydrogen) atoms. The fourth-order valence-corrected chi connectivity index (χ4v) is 28.1. The zero-order chi connectivity index (χ0) is 53.7. The van der Waals surface area contributed by atoms with Gasteiger partial charge in [0.15, 0.2) is 0 Å². The van der Waals surface area contributed by atoms with E-state index in [4.69, 9.17) is 14.1 Å². The maximum absolute atomic E-state index is 8.68. The molecule has 8 aromatic carbocycles. The monoisotopic (exact) mass is 1210 g/mol. The Bertz CT molecular complexity index is 2200. The van der Waals surface area contributed by atoms with Gasteiger partial charge in [-0.15, -0.1) is 15.8 Å². The molecule has 1 aliphatic carbocycles. The molecule has 1 aliphatic rings. The van der Waals surface area contributed by atoms with E-state index in [1.165, 1.54) is 149 Å². The van der Waals surface area contributed by atoms with Gasteiger partial charge in [0.2, 0.25) is 0 Å². The first kappa shape index (κ1) is 65.7. The summed E-state index contributed by atoms with van der Waals surface area (Å²) in [6, 6.07) is 91.6. The molecule has 0 radical (unpaired) electrons. The molecule has 1 saturated carbocycles. The van der Waals surface area contributed by atoms with Crippen molar-refractivity contribution in [3.8, 4) is 0 Å². The zero-order valence-corrected chi connectivity index (χ0v) is 51.9. The van der Waals surface area contributed by atoms with Crippen LogP contribution in [0.2, 0.25) is 0 Å². The minimum atomic E-state index is -0.425. The van der Waals surface area contributed by atoms with Gasteiger partial charge in [-0.05, 0) is 136 Å². The van der Waals surface area contributed by atoms with Gasteiger partial charge in [-0.3, -0.25) is 6.29 Å². The Balaban J connectivity index is 0.000000894. The average molecular weight is 1210 g/mol. The second-order valence-electron chi connectivity index (χ2n) is 17.9. The van der Waals surface area contributed by atoms with Gasteiger partial charge in [-0.25, -0.2) is 0 Å². The van der Waals surface area contributed by atoms with Crippen LogP contribution in [0.15, 0.2) is 243 Å². The fraction of sp³-hybridized carbons (Fsp3) is 0.239. The summed E-state index contributed by atoms with van der Waals surface area (Å²) < 4.78 is 15.0. The van der Waals surface area contributed by atoms with Crippen molar-refractivity contribution in [1.82, 2.24) is 0 Å². The summed E-state index contributed by atoms with van der Waals surface area (Å²) in [5, 5.41) is 12.1. The van der Waals surface area contributed by atoms with Gasteiger partial charge in [-0.1, -0.05) is 275 Å². The summed E-state index contributed by atoms with van der Waals surface area (Å²) in [5.74, 6) is 0. The number of hydrogen-bond donors (Lipinski definition) is 0. The van der Waals surface area contributed by atoms with Gasteiger partial charge in [0.25, 0.3) is 0 Å². The fourth-order valence-electron chi connectivity index (χ4n) is 9.30. The van der Waals surface area contributed by atoms with E-state index < -0.39 is 31.7 Å². The van der Waals surface area contributed by atoms with E-state index in [1.807, 2.05) is 0 Å². The first-order valence-corrected chi connectivity index (χ1v) is 36.3. The standard InChI is InChI=1S/C58H60P6.C5H10.C2H3O.2CO.Mo/c1-9-25-51(26-10-1)61(52-27-11-2-12-28-52)47-43-59(44-48-62(53-29-13-3-14-30-53)54-31-15-4-16-32-54)41-42-60(45-49-63(55-33-17-5-18-34-55)56-35-19-6-20-36-56)46-50-64(57-37-21-7-22-38-57)58-39-23-8-24-40-58;1-2-4-5-3-1;1-2-3;2*1-2;/h1-40H,41-50H2;1-5H2;1H3;;;/q;;-1;;;. The predicted octanol–water partition coefficient (Wildman–Crippen LogP) is 14.5. The van der Waals surface area contributed by atoms with Crippen molar-refractivity contribution in [2.24, 2.45) is 0 Å². The number of benzene rings is 8. The summed E-state index contributed by atoms with van der Waals surface area (Å²) >= 11 is 0. The van der Waals surface area contributed by atoms with Crippen LogP contribution in [0.4, 0.5) is 0 Å². The average Bonchev–Trinajstić information content (AvgIpc) is 4.11. The van der Waals surface area contributed by atoms with Crippen LogP contribution in [0.3, 0.4) is 0 Å². The first-order valence-electron chi connectivity index (χ1n) is 26.3. The Morgan fingerprint density at radius 2 is 0.403 bits per heavy atom. The summed E-state index contributed by atoms with van der Waals surface area (Å²) in [6.07, 6.45) is 22.2. The molecule has 0 unspecified atom stereocenters. The third kappa shape index (κ3) is 23.8. The van der Waals surface area contributed by atoms with Crippen molar-refractivity contribution in [3.05, 3.63) is 256 Å². The van der Waals surface area contributed by atoms with E-state index in [9.17, 15) is 0 Å². The van der Waals surface area contributed by atoms with Gasteiger partial charge in [0, 0.05) is 21.1 Å². The molecule has 3 nitrogen and oxygen atoms in total. The van der Waals surface area contributed by atoms with Crippen molar-refractivity contribution < 1.29 is 35.2 Å². The predicted molar refractivity (Wildman–Crippen MR) is 341 cm³/mol. The Hall–Kier alpha value is -3.82. The van der Waals surface area contributed by atoms with Gasteiger partial charge >= 0.3 is 22.6 Å². The van der Waals surface area contributed by atoms with E-state index in [2.05, 4.69) is 256 Å². The van der Waals surface area contributed by atoms with Gasteiger partial charge in [-0.2, -0.15) is 6.92 Å². The summed E-state index contributed by atoms with van der Waals surface area (Å²) in [6.45, 7) is 10.3. The van der Waals surface area contributed by atoms with Gasteiger partial charge in [0.1, 0.15) is 0 Å². The molecule has 396 valence electrons. The Kier molecular flexibility index (Phi) is 35.2. The molecule has 0 N–H and O–H groups in total. The van der Waals surface area contributed by atoms with E-state index in [1.54, 1.807) is 0 Å². The van der Waals surface area contributed by atoms with E-state index >= 15 is 0 Å². The largest absolute Gasteiger partial charge is 0.106 e. The quantitative estimate of drug-likeness (QED) is 0.0272. The second-order valence-corrected chi connectivity index (χ2v) is 32.7. The molecule has 10 heteroatoms. The van der Waals surface area contributed by atoms with Crippen molar-refractivity contribution in [3.63, 3.8) is 0 Å². The number of rotatable bonds is 23. The van der Waals surface area contributed by atoms with Gasteiger partial charge in [0.05, 0.1) is 0 Å². The maximum atomic E-state index is 8.68. The molecular formula is C67H73MoO3P6-. The summed E-state index contributed by atoms with van der Waals surface area (Å²) in [4.78, 5) is 8.68. The molecule has 0 bridgehead atoms. The normalized spacial score (nSPS) is 11.5. The number of carbonyl (C=O) groups excluding carboxylic acids is 1. The molecule has 0 atom stereocenters. The minimum absolute atomic E-state index is 0. The topological polar surface area (TPSA) is 56.9 Å². The molecular weight excluding hydrogens is 1130 g/mol. The minimum Gasteiger partial charge on any atom is -0.106 e. The Morgan fingerprint density at radius 1 is 0.286 bits per heavy atom. The molecule has 0 aromatic heterocycles. The maximum Gasteiger partial charge on any atom is 0 e. The van der Waals surface area contributed by atoms with Crippen molar-refractivity contribution in [2.45, 2.75) is 39.0 Å². The van der Waals surface area contributed by atoms with Crippen LogP contribution in [0.25, 0.3) is 0 Å². The second kappa shape index (κ2) is 41.2. The molecule has 9 rings (SSSR count). The number of hydrogen-bond acceptors (Lipinski definition) is 1. The van der Waals surface area contributed by atoms with Crippen molar-refractivity contribution in [1.29, 1.82) is 0 Å².